The van der Waals surface area contributed by atoms with Gasteiger partial charge in [-0.1, -0.05) is 34.6 Å². The molecule has 0 fully saturated rings. The maximum atomic E-state index is 11.2. The highest BCUT2D eigenvalue weighted by Gasteiger charge is 2.23. The summed E-state index contributed by atoms with van der Waals surface area (Å²) < 4.78 is 0. The van der Waals surface area contributed by atoms with Crippen molar-refractivity contribution in [1.82, 2.24) is 4.98 Å². The Morgan fingerprint density at radius 1 is 1.44 bits per heavy atom. The summed E-state index contributed by atoms with van der Waals surface area (Å²) in [5.74, 6) is -0.631. The van der Waals surface area contributed by atoms with Gasteiger partial charge in [0.25, 0.3) is 0 Å². The average Bonchev–Trinajstić information content (AvgIpc) is 2.63. The number of carboxylic acids is 1. The predicted octanol–water partition coefficient (Wildman–Crippen LogP) is 3.73. The summed E-state index contributed by atoms with van der Waals surface area (Å²) in [6, 6.07) is 0. The molecule has 3 nitrogen and oxygen atoms in total. The van der Waals surface area contributed by atoms with E-state index in [1.54, 1.807) is 11.3 Å². The first-order chi connectivity index (χ1) is 8.20. The lowest BCUT2D eigenvalue weighted by molar-refractivity contribution is -0.142. The molecule has 1 N–H and O–H groups in total. The number of carboxylic acid groups (broad SMARTS) is 1. The molecule has 18 heavy (non-hydrogen) atoms. The third-order valence-corrected chi connectivity index (χ3v) is 3.72. The molecule has 0 saturated carbocycles. The van der Waals surface area contributed by atoms with Crippen LogP contribution in [0.1, 0.15) is 51.7 Å². The summed E-state index contributed by atoms with van der Waals surface area (Å²) in [6.45, 7) is 10.5. The number of hydrogen-bond donors (Lipinski definition) is 1. The van der Waals surface area contributed by atoms with Gasteiger partial charge in [-0.2, -0.15) is 0 Å². The molecule has 1 atom stereocenters. The highest BCUT2D eigenvalue weighted by Crippen LogP contribution is 2.26. The van der Waals surface area contributed by atoms with Gasteiger partial charge < -0.3 is 5.11 Å². The van der Waals surface area contributed by atoms with Crippen molar-refractivity contribution in [1.29, 1.82) is 0 Å². The molecular weight excluding hydrogens is 246 g/mol. The predicted molar refractivity (Wildman–Crippen MR) is 75.1 cm³/mol. The van der Waals surface area contributed by atoms with E-state index in [2.05, 4.69) is 39.6 Å². The second-order valence-corrected chi connectivity index (χ2v) is 7.19. The minimum absolute atomic E-state index is 0.0333. The molecule has 0 bridgehead atoms. The minimum Gasteiger partial charge on any atom is -0.481 e. The van der Waals surface area contributed by atoms with Gasteiger partial charge in [0, 0.05) is 17.2 Å². The second kappa shape index (κ2) is 5.83. The number of nitrogens with zero attached hydrogens (tertiary/aromatic N) is 1. The van der Waals surface area contributed by atoms with E-state index in [1.807, 2.05) is 5.38 Å². The van der Waals surface area contributed by atoms with E-state index in [4.69, 9.17) is 0 Å². The van der Waals surface area contributed by atoms with Crippen LogP contribution in [0.5, 0.6) is 0 Å². The van der Waals surface area contributed by atoms with Crippen LogP contribution in [0.4, 0.5) is 0 Å². The van der Waals surface area contributed by atoms with Gasteiger partial charge in [0.1, 0.15) is 0 Å². The van der Waals surface area contributed by atoms with Gasteiger partial charge in [-0.15, -0.1) is 11.3 Å². The number of aliphatic carboxylic acids is 1. The fraction of sp³-hybridized carbons (Fsp3) is 0.714. The van der Waals surface area contributed by atoms with Crippen molar-refractivity contribution in [2.75, 3.05) is 0 Å². The van der Waals surface area contributed by atoms with Gasteiger partial charge >= 0.3 is 5.97 Å². The Bertz CT molecular complexity index is 404. The fourth-order valence-electron chi connectivity index (χ4n) is 1.80. The average molecular weight is 269 g/mol. The Morgan fingerprint density at radius 3 is 2.44 bits per heavy atom. The third kappa shape index (κ3) is 4.41. The maximum Gasteiger partial charge on any atom is 0.306 e. The summed E-state index contributed by atoms with van der Waals surface area (Å²) in [6.07, 6.45) is 1.26. The van der Waals surface area contributed by atoms with Crippen molar-refractivity contribution in [2.45, 2.75) is 52.9 Å². The monoisotopic (exact) mass is 269 g/mol. The van der Waals surface area contributed by atoms with Gasteiger partial charge in [0.2, 0.25) is 0 Å². The van der Waals surface area contributed by atoms with Gasteiger partial charge in [-0.05, 0) is 12.3 Å². The number of hydrogen-bond acceptors (Lipinski definition) is 3. The van der Waals surface area contributed by atoms with E-state index in [-0.39, 0.29) is 11.3 Å². The van der Waals surface area contributed by atoms with Gasteiger partial charge in [0.15, 0.2) is 0 Å². The zero-order valence-electron chi connectivity index (χ0n) is 11.9. The summed E-state index contributed by atoms with van der Waals surface area (Å²) in [5.41, 5.74) is 1.09. The van der Waals surface area contributed by atoms with Crippen LogP contribution in [-0.2, 0) is 16.6 Å². The molecule has 0 aliphatic carbocycles. The quantitative estimate of drug-likeness (QED) is 0.886. The van der Waals surface area contributed by atoms with Gasteiger partial charge in [-0.25, -0.2) is 4.98 Å². The van der Waals surface area contributed by atoms with Crippen molar-refractivity contribution in [3.05, 3.63) is 16.1 Å². The zero-order valence-corrected chi connectivity index (χ0v) is 12.7. The van der Waals surface area contributed by atoms with Crippen LogP contribution in [0.25, 0.3) is 0 Å². The van der Waals surface area contributed by atoms with E-state index >= 15 is 0 Å². The van der Waals surface area contributed by atoms with Gasteiger partial charge in [-0.3, -0.25) is 4.79 Å². The molecule has 1 aromatic rings. The fourth-order valence-corrected chi connectivity index (χ4v) is 2.90. The number of rotatable bonds is 5. The Morgan fingerprint density at radius 2 is 2.06 bits per heavy atom. The van der Waals surface area contributed by atoms with Gasteiger partial charge in [0.05, 0.1) is 16.6 Å². The Balaban J connectivity index is 2.76. The van der Waals surface area contributed by atoms with E-state index in [1.165, 1.54) is 0 Å². The van der Waals surface area contributed by atoms with E-state index < -0.39 is 5.97 Å². The van der Waals surface area contributed by atoms with E-state index in [0.29, 0.717) is 18.8 Å². The van der Waals surface area contributed by atoms with Crippen molar-refractivity contribution in [3.8, 4) is 0 Å². The molecule has 0 saturated heterocycles. The number of thiazole rings is 1. The molecule has 0 radical (unpaired) electrons. The molecular formula is C14H23NO2S. The first-order valence-corrected chi connectivity index (χ1v) is 7.25. The van der Waals surface area contributed by atoms with Crippen LogP contribution in [0.3, 0.4) is 0 Å². The van der Waals surface area contributed by atoms with Crippen LogP contribution < -0.4 is 0 Å². The Kier molecular flexibility index (Phi) is 4.91. The van der Waals surface area contributed by atoms with E-state index in [9.17, 15) is 9.90 Å². The molecule has 4 heteroatoms. The van der Waals surface area contributed by atoms with Crippen LogP contribution >= 0.6 is 11.3 Å². The second-order valence-electron chi connectivity index (χ2n) is 6.25. The molecule has 102 valence electrons. The van der Waals surface area contributed by atoms with Crippen LogP contribution in [0.2, 0.25) is 0 Å². The maximum absolute atomic E-state index is 11.2. The molecule has 1 heterocycles. The number of aromatic nitrogens is 1. The third-order valence-electron chi connectivity index (χ3n) is 2.85. The molecule has 0 aliphatic heterocycles. The molecule has 0 aliphatic rings. The summed E-state index contributed by atoms with van der Waals surface area (Å²) in [7, 11) is 0. The lowest BCUT2D eigenvalue weighted by Crippen LogP contribution is -2.19. The van der Waals surface area contributed by atoms with Crippen LogP contribution in [0.15, 0.2) is 5.38 Å². The molecule has 1 unspecified atom stereocenters. The minimum atomic E-state index is -0.712. The zero-order chi connectivity index (χ0) is 13.9. The molecule has 0 aromatic carbocycles. The normalized spacial score (nSPS) is 13.9. The van der Waals surface area contributed by atoms with Crippen molar-refractivity contribution < 1.29 is 9.90 Å². The van der Waals surface area contributed by atoms with Crippen molar-refractivity contribution >= 4 is 17.3 Å². The number of carbonyl (C=O) groups is 1. The molecule has 0 amide bonds. The SMILES string of the molecule is CC(C)CC(Cc1nc(C(C)(C)C)cs1)C(=O)O. The molecule has 1 rings (SSSR count). The smallest absolute Gasteiger partial charge is 0.306 e. The molecule has 1 aromatic heterocycles. The Labute approximate surface area is 113 Å². The molecule has 0 spiro atoms. The van der Waals surface area contributed by atoms with Crippen molar-refractivity contribution in [2.24, 2.45) is 11.8 Å². The topological polar surface area (TPSA) is 50.2 Å². The van der Waals surface area contributed by atoms with Crippen molar-refractivity contribution in [3.63, 3.8) is 0 Å². The Hall–Kier alpha value is -0.900. The summed E-state index contributed by atoms with van der Waals surface area (Å²) in [4.78, 5) is 15.8. The lowest BCUT2D eigenvalue weighted by Gasteiger charge is -2.15. The standard InChI is InChI=1S/C14H23NO2S/c1-9(2)6-10(13(16)17)7-12-15-11(8-18-12)14(3,4)5/h8-10H,6-7H2,1-5H3,(H,16,17). The summed E-state index contributed by atoms with van der Waals surface area (Å²) >= 11 is 1.57. The van der Waals surface area contributed by atoms with Crippen LogP contribution in [0, 0.1) is 11.8 Å². The highest BCUT2D eigenvalue weighted by molar-refractivity contribution is 7.09. The van der Waals surface area contributed by atoms with Crippen LogP contribution in [-0.4, -0.2) is 16.1 Å². The van der Waals surface area contributed by atoms with E-state index in [0.717, 1.165) is 10.7 Å². The largest absolute Gasteiger partial charge is 0.481 e. The first-order valence-electron chi connectivity index (χ1n) is 6.38. The lowest BCUT2D eigenvalue weighted by atomic mass is 9.93. The highest BCUT2D eigenvalue weighted by atomic mass is 32.1. The summed E-state index contributed by atoms with van der Waals surface area (Å²) in [5, 5.41) is 12.2. The first kappa shape index (κ1) is 15.2.